The molecule has 0 unspecified atom stereocenters. The van der Waals surface area contributed by atoms with Crippen LogP contribution >= 0.6 is 0 Å². The SMILES string of the molecule is O=C(OCc1ccccc1F)c1ccc(S(=O)(=O)NCc2ccco2)cc1. The van der Waals surface area contributed by atoms with Crippen molar-refractivity contribution in [3.8, 4) is 0 Å². The number of esters is 1. The number of sulfonamides is 1. The zero-order valence-corrected chi connectivity index (χ0v) is 14.9. The molecule has 1 N–H and O–H groups in total. The minimum absolute atomic E-state index is 0.000269. The summed E-state index contributed by atoms with van der Waals surface area (Å²) in [5, 5.41) is 0. The number of halogens is 1. The summed E-state index contributed by atoms with van der Waals surface area (Å²) in [6, 6.07) is 14.6. The number of carbonyl (C=O) groups excluding carboxylic acids is 1. The molecule has 0 aliphatic rings. The van der Waals surface area contributed by atoms with Crippen molar-refractivity contribution < 1.29 is 26.8 Å². The second-order valence-corrected chi connectivity index (χ2v) is 7.36. The average Bonchev–Trinajstić information content (AvgIpc) is 3.19. The molecular formula is C19H16FNO5S. The first-order chi connectivity index (χ1) is 13.0. The van der Waals surface area contributed by atoms with E-state index >= 15 is 0 Å². The van der Waals surface area contributed by atoms with Gasteiger partial charge < -0.3 is 9.15 Å². The minimum Gasteiger partial charge on any atom is -0.468 e. The molecule has 140 valence electrons. The Morgan fingerprint density at radius 1 is 1.04 bits per heavy atom. The lowest BCUT2D eigenvalue weighted by Crippen LogP contribution is -2.23. The van der Waals surface area contributed by atoms with Crippen molar-refractivity contribution in [1.29, 1.82) is 0 Å². The number of nitrogens with one attached hydrogen (secondary N) is 1. The van der Waals surface area contributed by atoms with Crippen molar-refractivity contribution in [3.63, 3.8) is 0 Å². The number of carbonyl (C=O) groups is 1. The van der Waals surface area contributed by atoms with Gasteiger partial charge in [0.2, 0.25) is 10.0 Å². The van der Waals surface area contributed by atoms with E-state index in [0.29, 0.717) is 5.76 Å². The number of ether oxygens (including phenoxy) is 1. The van der Waals surface area contributed by atoms with Gasteiger partial charge in [-0.15, -0.1) is 0 Å². The molecule has 0 amide bonds. The smallest absolute Gasteiger partial charge is 0.338 e. The summed E-state index contributed by atoms with van der Waals surface area (Å²) in [5.41, 5.74) is 0.420. The van der Waals surface area contributed by atoms with Crippen LogP contribution in [-0.4, -0.2) is 14.4 Å². The van der Waals surface area contributed by atoms with Crippen molar-refractivity contribution >= 4 is 16.0 Å². The van der Waals surface area contributed by atoms with E-state index in [1.807, 2.05) is 0 Å². The molecule has 1 heterocycles. The Kier molecular flexibility index (Phi) is 5.68. The highest BCUT2D eigenvalue weighted by atomic mass is 32.2. The Bertz CT molecular complexity index is 1010. The van der Waals surface area contributed by atoms with Gasteiger partial charge in [-0.05, 0) is 42.5 Å². The highest BCUT2D eigenvalue weighted by Crippen LogP contribution is 2.14. The fraction of sp³-hybridized carbons (Fsp3) is 0.105. The van der Waals surface area contributed by atoms with Crippen LogP contribution in [0.2, 0.25) is 0 Å². The van der Waals surface area contributed by atoms with Crippen LogP contribution in [0.25, 0.3) is 0 Å². The zero-order chi connectivity index (χ0) is 19.3. The zero-order valence-electron chi connectivity index (χ0n) is 14.1. The predicted octanol–water partition coefficient (Wildman–Crippen LogP) is 3.25. The van der Waals surface area contributed by atoms with E-state index in [2.05, 4.69) is 4.72 Å². The monoisotopic (exact) mass is 389 g/mol. The van der Waals surface area contributed by atoms with Gasteiger partial charge in [-0.2, -0.15) is 0 Å². The van der Waals surface area contributed by atoms with E-state index in [0.717, 1.165) is 0 Å². The lowest BCUT2D eigenvalue weighted by molar-refractivity contribution is 0.0469. The molecule has 3 rings (SSSR count). The fourth-order valence-corrected chi connectivity index (χ4v) is 3.27. The Morgan fingerprint density at radius 3 is 2.44 bits per heavy atom. The normalized spacial score (nSPS) is 11.3. The molecular weight excluding hydrogens is 373 g/mol. The van der Waals surface area contributed by atoms with Gasteiger partial charge in [0.25, 0.3) is 0 Å². The first-order valence-electron chi connectivity index (χ1n) is 7.98. The van der Waals surface area contributed by atoms with Crippen molar-refractivity contribution in [2.45, 2.75) is 18.0 Å². The highest BCUT2D eigenvalue weighted by molar-refractivity contribution is 7.89. The summed E-state index contributed by atoms with van der Waals surface area (Å²) >= 11 is 0. The molecule has 0 saturated heterocycles. The maximum atomic E-state index is 13.5. The van der Waals surface area contributed by atoms with Crippen molar-refractivity contribution in [1.82, 2.24) is 4.72 Å². The molecule has 0 aliphatic heterocycles. The number of rotatable bonds is 7. The van der Waals surface area contributed by atoms with E-state index in [4.69, 9.17) is 9.15 Å². The Labute approximate surface area is 155 Å². The molecule has 0 bridgehead atoms. The van der Waals surface area contributed by atoms with E-state index in [1.54, 1.807) is 24.3 Å². The van der Waals surface area contributed by atoms with Crippen LogP contribution in [0.5, 0.6) is 0 Å². The van der Waals surface area contributed by atoms with Crippen LogP contribution < -0.4 is 4.72 Å². The summed E-state index contributed by atoms with van der Waals surface area (Å²) < 4.78 is 50.6. The quantitative estimate of drug-likeness (QED) is 0.627. The molecule has 1 aromatic heterocycles. The van der Waals surface area contributed by atoms with Crippen molar-refractivity contribution in [2.75, 3.05) is 0 Å². The predicted molar refractivity (Wildman–Crippen MR) is 94.7 cm³/mol. The molecule has 27 heavy (non-hydrogen) atoms. The first kappa shape index (κ1) is 18.8. The van der Waals surface area contributed by atoms with Crippen LogP contribution in [0.1, 0.15) is 21.7 Å². The molecule has 0 aliphatic carbocycles. The Hall–Kier alpha value is -2.97. The second-order valence-electron chi connectivity index (χ2n) is 5.60. The van der Waals surface area contributed by atoms with Gasteiger partial charge in [0.1, 0.15) is 18.2 Å². The maximum absolute atomic E-state index is 13.5. The topological polar surface area (TPSA) is 85.6 Å². The van der Waals surface area contributed by atoms with Gasteiger partial charge in [0.05, 0.1) is 23.3 Å². The van der Waals surface area contributed by atoms with E-state index < -0.39 is 21.8 Å². The second kappa shape index (κ2) is 8.15. The molecule has 0 atom stereocenters. The number of benzene rings is 2. The molecule has 0 spiro atoms. The molecule has 0 radical (unpaired) electrons. The largest absolute Gasteiger partial charge is 0.468 e. The molecule has 2 aromatic carbocycles. The molecule has 0 saturated carbocycles. The summed E-state index contributed by atoms with van der Waals surface area (Å²) in [5.74, 6) is -0.660. The van der Waals surface area contributed by atoms with Crippen molar-refractivity contribution in [3.05, 3.63) is 89.6 Å². The van der Waals surface area contributed by atoms with Gasteiger partial charge in [-0.1, -0.05) is 18.2 Å². The standard InChI is InChI=1S/C19H16FNO5S/c20-18-6-2-1-4-15(18)13-26-19(22)14-7-9-17(10-8-14)27(23,24)21-12-16-5-3-11-25-16/h1-11,21H,12-13H2. The van der Waals surface area contributed by atoms with Crippen LogP contribution in [0.3, 0.4) is 0 Å². The first-order valence-corrected chi connectivity index (χ1v) is 9.47. The third-order valence-electron chi connectivity index (χ3n) is 3.73. The van der Waals surface area contributed by atoms with Crippen LogP contribution in [-0.2, 0) is 27.9 Å². The third-order valence-corrected chi connectivity index (χ3v) is 5.15. The minimum atomic E-state index is -3.75. The van der Waals surface area contributed by atoms with Gasteiger partial charge in [0, 0.05) is 5.56 Å². The number of hydrogen-bond acceptors (Lipinski definition) is 5. The number of hydrogen-bond donors (Lipinski definition) is 1. The van der Waals surface area contributed by atoms with Crippen molar-refractivity contribution in [2.24, 2.45) is 0 Å². The molecule has 3 aromatic rings. The summed E-state index contributed by atoms with van der Waals surface area (Å²) in [6.45, 7) is -0.196. The molecule has 6 nitrogen and oxygen atoms in total. The summed E-state index contributed by atoms with van der Waals surface area (Å²) in [4.78, 5) is 12.0. The Morgan fingerprint density at radius 2 is 1.78 bits per heavy atom. The Balaban J connectivity index is 1.62. The lowest BCUT2D eigenvalue weighted by atomic mass is 10.2. The maximum Gasteiger partial charge on any atom is 0.338 e. The van der Waals surface area contributed by atoms with Gasteiger partial charge in [0.15, 0.2) is 0 Å². The summed E-state index contributed by atoms with van der Waals surface area (Å²) in [7, 11) is -3.75. The lowest BCUT2D eigenvalue weighted by Gasteiger charge is -2.08. The summed E-state index contributed by atoms with van der Waals surface area (Å²) in [6.07, 6.45) is 1.45. The number of furan rings is 1. The van der Waals surface area contributed by atoms with Gasteiger partial charge in [-0.3, -0.25) is 0 Å². The highest BCUT2D eigenvalue weighted by Gasteiger charge is 2.16. The third kappa shape index (κ3) is 4.81. The van der Waals surface area contributed by atoms with E-state index in [-0.39, 0.29) is 29.2 Å². The van der Waals surface area contributed by atoms with Crippen LogP contribution in [0, 0.1) is 5.82 Å². The van der Waals surface area contributed by atoms with Crippen LogP contribution in [0.4, 0.5) is 4.39 Å². The fourth-order valence-electron chi connectivity index (χ4n) is 2.27. The van der Waals surface area contributed by atoms with E-state index in [1.165, 1.54) is 42.7 Å². The average molecular weight is 389 g/mol. The van der Waals surface area contributed by atoms with Gasteiger partial charge in [-0.25, -0.2) is 22.3 Å². The molecule has 8 heteroatoms. The van der Waals surface area contributed by atoms with Crippen LogP contribution in [0.15, 0.2) is 76.2 Å². The molecule has 0 fully saturated rings. The van der Waals surface area contributed by atoms with Gasteiger partial charge >= 0.3 is 5.97 Å². The van der Waals surface area contributed by atoms with E-state index in [9.17, 15) is 17.6 Å².